The summed E-state index contributed by atoms with van der Waals surface area (Å²) in [5.74, 6) is -0.267. The van der Waals surface area contributed by atoms with E-state index in [9.17, 15) is 4.39 Å². The minimum Gasteiger partial charge on any atom is -0.306 e. The predicted molar refractivity (Wildman–Crippen MR) is 80.8 cm³/mol. The predicted octanol–water partition coefficient (Wildman–Crippen LogP) is 5.09. The van der Waals surface area contributed by atoms with Gasteiger partial charge in [-0.3, -0.25) is 0 Å². The van der Waals surface area contributed by atoms with Crippen LogP contribution in [0, 0.1) is 5.82 Å². The molecule has 0 radical (unpaired) electrons. The van der Waals surface area contributed by atoms with Crippen molar-refractivity contribution in [2.75, 3.05) is 0 Å². The van der Waals surface area contributed by atoms with Crippen LogP contribution in [0.4, 0.5) is 4.39 Å². The first-order valence-corrected chi connectivity index (χ1v) is 7.16. The average Bonchev–Trinajstić information content (AvgIpc) is 2.39. The summed E-state index contributed by atoms with van der Waals surface area (Å²) in [5.41, 5.74) is 1.94. The third-order valence-corrected chi connectivity index (χ3v) is 3.82. The SMILES string of the molecule is C[C@H](NCc1cc(F)ccc1Cl)c1cccc(Br)c1. The van der Waals surface area contributed by atoms with Crippen molar-refractivity contribution < 1.29 is 4.39 Å². The van der Waals surface area contributed by atoms with Crippen LogP contribution in [0.25, 0.3) is 0 Å². The molecule has 2 aromatic carbocycles. The Labute approximate surface area is 125 Å². The minimum atomic E-state index is -0.267. The van der Waals surface area contributed by atoms with Crippen LogP contribution in [-0.4, -0.2) is 0 Å². The molecule has 0 spiro atoms. The van der Waals surface area contributed by atoms with Gasteiger partial charge in [-0.1, -0.05) is 39.7 Å². The van der Waals surface area contributed by atoms with Gasteiger partial charge in [0.15, 0.2) is 0 Å². The van der Waals surface area contributed by atoms with E-state index in [2.05, 4.69) is 40.3 Å². The van der Waals surface area contributed by atoms with Crippen molar-refractivity contribution in [2.24, 2.45) is 0 Å². The van der Waals surface area contributed by atoms with Gasteiger partial charge in [0.2, 0.25) is 0 Å². The molecule has 0 fully saturated rings. The van der Waals surface area contributed by atoms with Gasteiger partial charge < -0.3 is 5.32 Å². The maximum Gasteiger partial charge on any atom is 0.123 e. The minimum absolute atomic E-state index is 0.164. The standard InChI is InChI=1S/C15H14BrClFN/c1-10(11-3-2-4-13(16)7-11)19-9-12-8-14(18)5-6-15(12)17/h2-8,10,19H,9H2,1H3/t10-/m0/s1. The second kappa shape index (κ2) is 6.51. The van der Waals surface area contributed by atoms with E-state index in [0.717, 1.165) is 10.0 Å². The third-order valence-electron chi connectivity index (χ3n) is 2.96. The largest absolute Gasteiger partial charge is 0.306 e. The summed E-state index contributed by atoms with van der Waals surface area (Å²) >= 11 is 9.49. The molecule has 1 N–H and O–H groups in total. The van der Waals surface area contributed by atoms with Crippen LogP contribution in [-0.2, 0) is 6.54 Å². The normalized spacial score (nSPS) is 12.4. The van der Waals surface area contributed by atoms with E-state index in [4.69, 9.17) is 11.6 Å². The molecule has 0 heterocycles. The first-order chi connectivity index (χ1) is 9.06. The number of hydrogen-bond acceptors (Lipinski definition) is 1. The van der Waals surface area contributed by atoms with E-state index in [1.807, 2.05) is 12.1 Å². The molecule has 2 rings (SSSR count). The third kappa shape index (κ3) is 4.03. The lowest BCUT2D eigenvalue weighted by molar-refractivity contribution is 0.569. The number of hydrogen-bond donors (Lipinski definition) is 1. The number of rotatable bonds is 4. The van der Waals surface area contributed by atoms with Gasteiger partial charge in [0.25, 0.3) is 0 Å². The Kier molecular flexibility index (Phi) is 4.97. The van der Waals surface area contributed by atoms with Crippen LogP contribution in [0.2, 0.25) is 5.02 Å². The molecule has 1 atom stereocenters. The molecule has 0 aliphatic rings. The first kappa shape index (κ1) is 14.5. The van der Waals surface area contributed by atoms with Gasteiger partial charge in [0, 0.05) is 22.1 Å². The summed E-state index contributed by atoms with van der Waals surface area (Å²) in [6.45, 7) is 2.60. The highest BCUT2D eigenvalue weighted by Gasteiger charge is 2.07. The lowest BCUT2D eigenvalue weighted by atomic mass is 10.1. The lowest BCUT2D eigenvalue weighted by Crippen LogP contribution is -2.18. The quantitative estimate of drug-likeness (QED) is 0.816. The Morgan fingerprint density at radius 2 is 2.05 bits per heavy atom. The molecule has 1 nitrogen and oxygen atoms in total. The van der Waals surface area contributed by atoms with E-state index in [1.165, 1.54) is 17.7 Å². The van der Waals surface area contributed by atoms with E-state index in [-0.39, 0.29) is 11.9 Å². The van der Waals surface area contributed by atoms with Crippen LogP contribution in [0.5, 0.6) is 0 Å². The Morgan fingerprint density at radius 1 is 1.26 bits per heavy atom. The summed E-state index contributed by atoms with van der Waals surface area (Å²) in [6.07, 6.45) is 0. The highest BCUT2D eigenvalue weighted by molar-refractivity contribution is 9.10. The maximum absolute atomic E-state index is 13.2. The molecule has 4 heteroatoms. The van der Waals surface area contributed by atoms with Gasteiger partial charge in [-0.05, 0) is 48.4 Å². The topological polar surface area (TPSA) is 12.0 Å². The highest BCUT2D eigenvalue weighted by atomic mass is 79.9. The van der Waals surface area contributed by atoms with E-state index in [1.54, 1.807) is 6.07 Å². The number of nitrogens with one attached hydrogen (secondary N) is 1. The molecule has 0 saturated carbocycles. The summed E-state index contributed by atoms with van der Waals surface area (Å²) in [5, 5.41) is 3.92. The Bertz CT molecular complexity index is 574. The van der Waals surface area contributed by atoms with Crippen molar-refractivity contribution >= 4 is 27.5 Å². The highest BCUT2D eigenvalue weighted by Crippen LogP contribution is 2.20. The van der Waals surface area contributed by atoms with Gasteiger partial charge in [-0.2, -0.15) is 0 Å². The van der Waals surface area contributed by atoms with Crippen LogP contribution in [0.3, 0.4) is 0 Å². The monoisotopic (exact) mass is 341 g/mol. The fourth-order valence-electron chi connectivity index (χ4n) is 1.84. The van der Waals surface area contributed by atoms with Gasteiger partial charge in [0.05, 0.1) is 0 Å². The molecule has 100 valence electrons. The summed E-state index contributed by atoms with van der Waals surface area (Å²) in [4.78, 5) is 0. The van der Waals surface area contributed by atoms with E-state index >= 15 is 0 Å². The van der Waals surface area contributed by atoms with Gasteiger partial charge >= 0.3 is 0 Å². The molecule has 0 aliphatic heterocycles. The van der Waals surface area contributed by atoms with E-state index in [0.29, 0.717) is 11.6 Å². The zero-order valence-electron chi connectivity index (χ0n) is 10.5. The van der Waals surface area contributed by atoms with Crippen molar-refractivity contribution in [1.82, 2.24) is 5.32 Å². The fourth-order valence-corrected chi connectivity index (χ4v) is 2.44. The van der Waals surface area contributed by atoms with Crippen molar-refractivity contribution in [3.05, 3.63) is 68.9 Å². The van der Waals surface area contributed by atoms with Crippen molar-refractivity contribution in [2.45, 2.75) is 19.5 Å². The molecular weight excluding hydrogens is 329 g/mol. The summed E-state index contributed by atoms with van der Waals surface area (Å²) < 4.78 is 14.2. The Morgan fingerprint density at radius 3 is 2.79 bits per heavy atom. The van der Waals surface area contributed by atoms with Gasteiger partial charge in [-0.15, -0.1) is 0 Å². The molecule has 0 aromatic heterocycles. The first-order valence-electron chi connectivity index (χ1n) is 5.99. The molecule has 0 aliphatic carbocycles. The van der Waals surface area contributed by atoms with Crippen LogP contribution >= 0.6 is 27.5 Å². The summed E-state index contributed by atoms with van der Waals surface area (Å²) in [6, 6.07) is 12.7. The molecule has 0 amide bonds. The van der Waals surface area contributed by atoms with Gasteiger partial charge in [-0.25, -0.2) is 4.39 Å². The van der Waals surface area contributed by atoms with Gasteiger partial charge in [0.1, 0.15) is 5.82 Å². The number of benzene rings is 2. The molecule has 0 bridgehead atoms. The second-order valence-electron chi connectivity index (χ2n) is 4.39. The fraction of sp³-hybridized carbons (Fsp3) is 0.200. The molecular formula is C15H14BrClFN. The zero-order valence-corrected chi connectivity index (χ0v) is 12.8. The summed E-state index contributed by atoms with van der Waals surface area (Å²) in [7, 11) is 0. The smallest absolute Gasteiger partial charge is 0.123 e. The zero-order chi connectivity index (χ0) is 13.8. The molecule has 0 unspecified atom stereocenters. The van der Waals surface area contributed by atoms with Crippen molar-refractivity contribution in [3.63, 3.8) is 0 Å². The molecule has 0 saturated heterocycles. The van der Waals surface area contributed by atoms with Crippen molar-refractivity contribution in [3.8, 4) is 0 Å². The van der Waals surface area contributed by atoms with Crippen LogP contribution in [0.1, 0.15) is 24.1 Å². The molecule has 19 heavy (non-hydrogen) atoms. The number of halogens is 3. The van der Waals surface area contributed by atoms with Crippen LogP contribution in [0.15, 0.2) is 46.9 Å². The lowest BCUT2D eigenvalue weighted by Gasteiger charge is -2.15. The molecule has 2 aromatic rings. The van der Waals surface area contributed by atoms with Crippen LogP contribution < -0.4 is 5.32 Å². The second-order valence-corrected chi connectivity index (χ2v) is 5.72. The average molecular weight is 343 g/mol. The maximum atomic E-state index is 13.2. The Hall–Kier alpha value is -0.900. The Balaban J connectivity index is 2.04. The van der Waals surface area contributed by atoms with Crippen molar-refractivity contribution in [1.29, 1.82) is 0 Å². The van der Waals surface area contributed by atoms with E-state index < -0.39 is 0 Å².